The number of nitrogens with zero attached hydrogens (tertiary/aromatic N) is 3. The molecule has 5 aliphatic rings. The van der Waals surface area contributed by atoms with E-state index in [-0.39, 0.29) is 5.54 Å². The summed E-state index contributed by atoms with van der Waals surface area (Å²) in [5.74, 6) is 0.445. The van der Waals surface area contributed by atoms with Crippen molar-refractivity contribution in [3.8, 4) is 0 Å². The van der Waals surface area contributed by atoms with Crippen molar-refractivity contribution in [2.24, 2.45) is 5.92 Å². The molecule has 3 heteroatoms. The molecule has 132 valence electrons. The van der Waals surface area contributed by atoms with E-state index in [2.05, 4.69) is 67.0 Å². The van der Waals surface area contributed by atoms with Gasteiger partial charge in [0.2, 0.25) is 0 Å². The normalized spacial score (nSPS) is 34.8. The van der Waals surface area contributed by atoms with Crippen molar-refractivity contribution in [1.82, 2.24) is 9.97 Å². The van der Waals surface area contributed by atoms with Crippen LogP contribution in [0.2, 0.25) is 0 Å². The zero-order valence-corrected chi connectivity index (χ0v) is 15.3. The molecule has 0 radical (unpaired) electrons. The molecule has 1 aromatic rings. The van der Waals surface area contributed by atoms with Gasteiger partial charge in [-0.05, 0) is 37.0 Å². The van der Waals surface area contributed by atoms with E-state index in [4.69, 9.17) is 9.97 Å². The van der Waals surface area contributed by atoms with E-state index in [9.17, 15) is 0 Å². The van der Waals surface area contributed by atoms with Crippen LogP contribution < -0.4 is 0 Å². The average Bonchev–Trinajstić information content (AvgIpc) is 2.84. The molecule has 3 aliphatic heterocycles. The Morgan fingerprint density at radius 1 is 1.00 bits per heavy atom. The molecule has 1 aromatic heterocycles. The summed E-state index contributed by atoms with van der Waals surface area (Å²) in [5, 5.41) is 0. The van der Waals surface area contributed by atoms with E-state index in [0.29, 0.717) is 5.92 Å². The first kappa shape index (κ1) is 15.3. The minimum Gasteiger partial charge on any atom is -0.251 e. The summed E-state index contributed by atoms with van der Waals surface area (Å²) in [6, 6.07) is 0. The number of allylic oxidation sites excluding steroid dienone is 8. The van der Waals surface area contributed by atoms with Gasteiger partial charge in [0.05, 0.1) is 5.57 Å². The largest absolute Gasteiger partial charge is 0.251 e. The molecule has 3 atom stereocenters. The molecule has 1 spiro atoms. The SMILES string of the molecule is C1=CCCC(C2(C3C=CC=CC3)C3=C4c5nccnc5C[N+]42C=CC=C3)=C1. The number of quaternary nitrogens is 1. The van der Waals surface area contributed by atoms with Gasteiger partial charge in [-0.3, -0.25) is 4.98 Å². The van der Waals surface area contributed by atoms with Crippen LogP contribution in [0.4, 0.5) is 0 Å². The van der Waals surface area contributed by atoms with Crippen LogP contribution in [-0.2, 0) is 6.54 Å². The van der Waals surface area contributed by atoms with Crippen molar-refractivity contribution in [2.45, 2.75) is 31.3 Å². The number of fused-ring (bicyclic) bond motifs is 3. The van der Waals surface area contributed by atoms with Gasteiger partial charge in [-0.2, -0.15) is 0 Å². The standard InChI is InChI=1S/C24H22N3/c1-3-9-18(10-4-1)24(19-11-5-2-6-12-19)20-13-7-8-16-27(24)17-21-22(23(20)27)26-15-14-25-21/h1-5,7-9,11,13-16,18H,6,10,12,17H2/q+1. The first-order chi connectivity index (χ1) is 13.4. The van der Waals surface area contributed by atoms with Crippen LogP contribution in [0.1, 0.15) is 30.7 Å². The van der Waals surface area contributed by atoms with Crippen LogP contribution in [0.3, 0.4) is 0 Å². The second-order valence-corrected chi connectivity index (χ2v) is 7.92. The molecule has 0 N–H and O–H groups in total. The minimum absolute atomic E-state index is 0.0484. The van der Waals surface area contributed by atoms with Crippen molar-refractivity contribution >= 4 is 5.70 Å². The van der Waals surface area contributed by atoms with Crippen LogP contribution >= 0.6 is 0 Å². The summed E-state index contributed by atoms with van der Waals surface area (Å²) in [6.07, 6.45) is 32.2. The molecule has 0 saturated carbocycles. The maximum atomic E-state index is 4.75. The fraction of sp³-hybridized carbons (Fsp3) is 0.250. The van der Waals surface area contributed by atoms with Crippen LogP contribution in [0.5, 0.6) is 0 Å². The summed E-state index contributed by atoms with van der Waals surface area (Å²) < 4.78 is 0.844. The van der Waals surface area contributed by atoms with Crippen molar-refractivity contribution in [2.75, 3.05) is 0 Å². The third-order valence-corrected chi connectivity index (χ3v) is 6.83. The van der Waals surface area contributed by atoms with Gasteiger partial charge in [-0.1, -0.05) is 48.6 Å². The molecule has 2 bridgehead atoms. The molecule has 0 saturated heterocycles. The number of hydrogen-bond donors (Lipinski definition) is 0. The van der Waals surface area contributed by atoms with Gasteiger partial charge in [0.25, 0.3) is 0 Å². The van der Waals surface area contributed by atoms with Gasteiger partial charge in [-0.15, -0.1) is 0 Å². The summed E-state index contributed by atoms with van der Waals surface area (Å²) in [4.78, 5) is 9.45. The van der Waals surface area contributed by atoms with Gasteiger partial charge in [0.15, 0.2) is 16.9 Å². The lowest BCUT2D eigenvalue weighted by atomic mass is 9.60. The molecule has 4 heterocycles. The first-order valence-corrected chi connectivity index (χ1v) is 9.87. The lowest BCUT2D eigenvalue weighted by Gasteiger charge is -2.60. The van der Waals surface area contributed by atoms with E-state index in [0.717, 1.165) is 41.7 Å². The quantitative estimate of drug-likeness (QED) is 0.717. The second-order valence-electron chi connectivity index (χ2n) is 7.92. The molecule has 3 nitrogen and oxygen atoms in total. The molecule has 3 unspecified atom stereocenters. The highest BCUT2D eigenvalue weighted by Crippen LogP contribution is 2.66. The van der Waals surface area contributed by atoms with Crippen molar-refractivity contribution in [3.63, 3.8) is 0 Å². The molecule has 0 fully saturated rings. The van der Waals surface area contributed by atoms with Gasteiger partial charge in [0, 0.05) is 18.3 Å². The molecule has 6 rings (SSSR count). The molecule has 2 aliphatic carbocycles. The second kappa shape index (κ2) is 5.37. The fourth-order valence-corrected chi connectivity index (χ4v) is 5.94. The van der Waals surface area contributed by atoms with E-state index in [1.807, 2.05) is 12.4 Å². The topological polar surface area (TPSA) is 25.8 Å². The Hall–Kier alpha value is -2.78. The Labute approximate surface area is 159 Å². The summed E-state index contributed by atoms with van der Waals surface area (Å²) >= 11 is 0. The maximum Gasteiger partial charge on any atom is 0.176 e. The Bertz CT molecular complexity index is 1050. The van der Waals surface area contributed by atoms with Crippen LogP contribution in [-0.4, -0.2) is 20.0 Å². The molecule has 0 amide bonds. The van der Waals surface area contributed by atoms with Gasteiger partial charge in [0.1, 0.15) is 18.4 Å². The number of hydrogen-bond acceptors (Lipinski definition) is 2. The number of aromatic nitrogens is 2. The van der Waals surface area contributed by atoms with Gasteiger partial charge >= 0.3 is 0 Å². The highest BCUT2D eigenvalue weighted by Gasteiger charge is 2.72. The molecular weight excluding hydrogens is 330 g/mol. The maximum absolute atomic E-state index is 4.75. The molecule has 0 aromatic carbocycles. The van der Waals surface area contributed by atoms with E-state index in [1.54, 1.807) is 5.57 Å². The zero-order valence-electron chi connectivity index (χ0n) is 15.3. The average molecular weight is 352 g/mol. The lowest BCUT2D eigenvalue weighted by Crippen LogP contribution is -2.69. The fourth-order valence-electron chi connectivity index (χ4n) is 5.94. The smallest absolute Gasteiger partial charge is 0.176 e. The van der Waals surface area contributed by atoms with E-state index in [1.165, 1.54) is 11.3 Å². The Balaban J connectivity index is 1.67. The van der Waals surface area contributed by atoms with Crippen LogP contribution in [0, 0.1) is 5.92 Å². The first-order valence-electron chi connectivity index (χ1n) is 9.87. The summed E-state index contributed by atoms with van der Waals surface area (Å²) in [5.41, 5.74) is 6.54. The Morgan fingerprint density at radius 3 is 2.81 bits per heavy atom. The predicted octanol–water partition coefficient (Wildman–Crippen LogP) is 4.76. The predicted molar refractivity (Wildman–Crippen MR) is 107 cm³/mol. The monoisotopic (exact) mass is 352 g/mol. The molecule has 27 heavy (non-hydrogen) atoms. The van der Waals surface area contributed by atoms with Crippen molar-refractivity contribution in [3.05, 3.63) is 102 Å². The van der Waals surface area contributed by atoms with E-state index >= 15 is 0 Å². The van der Waals surface area contributed by atoms with Crippen LogP contribution in [0.25, 0.3) is 5.70 Å². The van der Waals surface area contributed by atoms with Gasteiger partial charge in [-0.25, -0.2) is 9.47 Å². The third-order valence-electron chi connectivity index (χ3n) is 6.83. The van der Waals surface area contributed by atoms with Crippen molar-refractivity contribution < 1.29 is 4.48 Å². The molecular formula is C24H22N3+. The zero-order chi connectivity index (χ0) is 17.9. The Morgan fingerprint density at radius 2 is 1.96 bits per heavy atom. The van der Waals surface area contributed by atoms with Crippen LogP contribution in [0.15, 0.2) is 90.5 Å². The number of rotatable bonds is 2. The lowest BCUT2D eigenvalue weighted by molar-refractivity contribution is -0.882. The van der Waals surface area contributed by atoms with E-state index < -0.39 is 0 Å². The minimum atomic E-state index is -0.0484. The van der Waals surface area contributed by atoms with Gasteiger partial charge < -0.3 is 0 Å². The summed E-state index contributed by atoms with van der Waals surface area (Å²) in [6.45, 7) is 0.898. The highest BCUT2D eigenvalue weighted by atomic mass is 15.5. The summed E-state index contributed by atoms with van der Waals surface area (Å²) in [7, 11) is 0. The van der Waals surface area contributed by atoms with Crippen molar-refractivity contribution in [1.29, 1.82) is 0 Å². The third kappa shape index (κ3) is 1.71. The Kier molecular flexibility index (Phi) is 3.04. The highest BCUT2D eigenvalue weighted by molar-refractivity contribution is 5.79.